The molecular formula is C19H12ClF2NO4S. The minimum Gasteiger partial charge on any atom is -0.497 e. The molecule has 5 nitrogen and oxygen atoms in total. The molecule has 28 heavy (non-hydrogen) atoms. The van der Waals surface area contributed by atoms with Crippen molar-refractivity contribution in [2.75, 3.05) is 13.8 Å². The molecule has 1 atom stereocenters. The van der Waals surface area contributed by atoms with Gasteiger partial charge in [0, 0.05) is 5.56 Å². The van der Waals surface area contributed by atoms with Gasteiger partial charge in [-0.2, -0.15) is 0 Å². The number of rotatable bonds is 4. The first-order chi connectivity index (χ1) is 13.4. The maximum absolute atomic E-state index is 14.9. The average molecular weight is 424 g/mol. The molecule has 0 bridgehead atoms. The monoisotopic (exact) mass is 423 g/mol. The molecule has 1 N–H and O–H groups in total. The molecule has 144 valence electrons. The van der Waals surface area contributed by atoms with Crippen LogP contribution in [0.5, 0.6) is 5.75 Å². The fraction of sp³-hybridized carbons (Fsp3) is 0.158. The Hall–Kier alpha value is -2.58. The Morgan fingerprint density at radius 1 is 1.36 bits per heavy atom. The lowest BCUT2D eigenvalue weighted by Crippen LogP contribution is -2.30. The number of hydrogen-bond donors (Lipinski definition) is 1. The number of carboxylic acids is 1. The second-order valence-corrected chi connectivity index (χ2v) is 7.63. The predicted molar refractivity (Wildman–Crippen MR) is 103 cm³/mol. The molecule has 0 aliphatic carbocycles. The average Bonchev–Trinajstić information content (AvgIpc) is 2.65. The number of fused-ring (bicyclic) bond motifs is 3. The lowest BCUT2D eigenvalue weighted by atomic mass is 10.0. The summed E-state index contributed by atoms with van der Waals surface area (Å²) in [7, 11) is 1.50. The molecule has 1 unspecified atom stereocenters. The second-order valence-electron chi connectivity index (χ2n) is 6.08. The zero-order valence-electron chi connectivity index (χ0n) is 14.3. The van der Waals surface area contributed by atoms with Gasteiger partial charge >= 0.3 is 5.97 Å². The van der Waals surface area contributed by atoms with Crippen molar-refractivity contribution in [2.24, 2.45) is 0 Å². The van der Waals surface area contributed by atoms with E-state index in [9.17, 15) is 23.5 Å². The van der Waals surface area contributed by atoms with Gasteiger partial charge < -0.3 is 14.4 Å². The molecule has 1 aliphatic heterocycles. The van der Waals surface area contributed by atoms with Crippen LogP contribution in [0.25, 0.3) is 22.0 Å². The highest BCUT2D eigenvalue weighted by Gasteiger charge is 2.36. The zero-order valence-corrected chi connectivity index (χ0v) is 15.9. The van der Waals surface area contributed by atoms with Gasteiger partial charge in [0.15, 0.2) is 0 Å². The van der Waals surface area contributed by atoms with Crippen molar-refractivity contribution in [3.05, 3.63) is 57.0 Å². The lowest BCUT2D eigenvalue weighted by molar-refractivity contribution is 0.0689. The Labute approximate surface area is 166 Å². The minimum absolute atomic E-state index is 0.0449. The van der Waals surface area contributed by atoms with Gasteiger partial charge in [-0.05, 0) is 23.8 Å². The summed E-state index contributed by atoms with van der Waals surface area (Å²) in [4.78, 5) is 24.2. The third-order valence-electron chi connectivity index (χ3n) is 4.60. The number of aromatic nitrogens is 1. The number of hydrogen-bond acceptors (Lipinski definition) is 4. The summed E-state index contributed by atoms with van der Waals surface area (Å²) in [5.41, 5.74) is -0.739. The van der Waals surface area contributed by atoms with Crippen LogP contribution in [0.2, 0.25) is 5.02 Å². The highest BCUT2D eigenvalue weighted by Crippen LogP contribution is 2.49. The molecule has 1 aromatic heterocycles. The van der Waals surface area contributed by atoms with Crippen molar-refractivity contribution < 1.29 is 23.4 Å². The first-order valence-corrected chi connectivity index (χ1v) is 9.35. The van der Waals surface area contributed by atoms with Gasteiger partial charge in [0.2, 0.25) is 5.43 Å². The third kappa shape index (κ3) is 2.59. The van der Waals surface area contributed by atoms with Gasteiger partial charge in [-0.15, -0.1) is 0 Å². The number of thioether (sulfide) groups is 1. The summed E-state index contributed by atoms with van der Waals surface area (Å²) in [6.07, 6.45) is 0. The zero-order chi connectivity index (χ0) is 20.2. The largest absolute Gasteiger partial charge is 0.497 e. The van der Waals surface area contributed by atoms with Gasteiger partial charge in [0.1, 0.15) is 29.2 Å². The van der Waals surface area contributed by atoms with Gasteiger partial charge in [0.05, 0.1) is 28.1 Å². The van der Waals surface area contributed by atoms with Crippen LogP contribution in [0.3, 0.4) is 0 Å². The van der Waals surface area contributed by atoms with Crippen LogP contribution in [0.15, 0.2) is 40.2 Å². The van der Waals surface area contributed by atoms with Crippen LogP contribution < -0.4 is 10.2 Å². The predicted octanol–water partition coefficient (Wildman–Crippen LogP) is 4.74. The van der Waals surface area contributed by atoms with E-state index in [1.807, 2.05) is 0 Å². The number of ether oxygens (including phenoxy) is 1. The van der Waals surface area contributed by atoms with Crippen LogP contribution in [-0.4, -0.2) is 29.4 Å². The van der Waals surface area contributed by atoms with Crippen LogP contribution in [0.4, 0.5) is 8.78 Å². The van der Waals surface area contributed by atoms with Crippen LogP contribution in [-0.2, 0) is 0 Å². The molecule has 0 radical (unpaired) electrons. The number of nitrogens with zero attached hydrogens (tertiary/aromatic N) is 1. The SMILES string of the molecule is COc1ccc(-c2c(F)cc3c(=O)c(C(=O)O)c4n(c3c2Cl)C(CF)S4)cc1. The van der Waals surface area contributed by atoms with Crippen molar-refractivity contribution >= 4 is 40.2 Å². The summed E-state index contributed by atoms with van der Waals surface area (Å²) >= 11 is 7.42. The van der Waals surface area contributed by atoms with E-state index in [1.165, 1.54) is 11.7 Å². The summed E-state index contributed by atoms with van der Waals surface area (Å²) in [6.45, 7) is -0.791. The van der Waals surface area contributed by atoms with E-state index in [2.05, 4.69) is 0 Å². The molecule has 2 heterocycles. The summed E-state index contributed by atoms with van der Waals surface area (Å²) in [6, 6.07) is 7.44. The molecular weight excluding hydrogens is 412 g/mol. The Balaban J connectivity index is 2.09. The molecule has 0 spiro atoms. The highest BCUT2D eigenvalue weighted by molar-refractivity contribution is 8.00. The molecule has 9 heteroatoms. The molecule has 0 amide bonds. The number of methoxy groups -OCH3 is 1. The summed E-state index contributed by atoms with van der Waals surface area (Å²) in [5, 5.41) is 8.49. The van der Waals surface area contributed by atoms with Crippen molar-refractivity contribution in [3.63, 3.8) is 0 Å². The van der Waals surface area contributed by atoms with E-state index in [-0.39, 0.29) is 26.5 Å². The Morgan fingerprint density at radius 2 is 2.04 bits per heavy atom. The van der Waals surface area contributed by atoms with Crippen LogP contribution in [0, 0.1) is 5.82 Å². The molecule has 2 aromatic carbocycles. The van der Waals surface area contributed by atoms with Crippen molar-refractivity contribution in [1.82, 2.24) is 4.57 Å². The van der Waals surface area contributed by atoms with Crippen LogP contribution >= 0.6 is 23.4 Å². The Morgan fingerprint density at radius 3 is 2.61 bits per heavy atom. The van der Waals surface area contributed by atoms with E-state index in [0.717, 1.165) is 17.8 Å². The van der Waals surface area contributed by atoms with E-state index in [0.29, 0.717) is 11.3 Å². The van der Waals surface area contributed by atoms with Crippen molar-refractivity contribution in [2.45, 2.75) is 10.4 Å². The highest BCUT2D eigenvalue weighted by atomic mass is 35.5. The number of halogens is 3. The number of benzene rings is 2. The fourth-order valence-corrected chi connectivity index (χ4v) is 4.80. The third-order valence-corrected chi connectivity index (χ3v) is 6.20. The normalized spacial score (nSPS) is 15.2. The molecule has 3 aromatic rings. The quantitative estimate of drug-likeness (QED) is 0.656. The van der Waals surface area contributed by atoms with E-state index >= 15 is 0 Å². The molecule has 0 saturated heterocycles. The molecule has 0 saturated carbocycles. The number of alkyl halides is 1. The van der Waals surface area contributed by atoms with Gasteiger partial charge in [-0.25, -0.2) is 13.6 Å². The number of pyridine rings is 1. The standard InChI is InChI=1S/C19H12ClF2NO4S/c1-27-9-4-2-8(3-5-9)13-11(22)6-10-16(15(13)20)23-12(7-21)28-18(23)14(17(10)24)19(25)26/h2-6,12H,7H2,1H3,(H,25,26). The molecule has 4 rings (SSSR count). The number of aromatic carboxylic acids is 1. The van der Waals surface area contributed by atoms with Gasteiger partial charge in [0.25, 0.3) is 0 Å². The lowest BCUT2D eigenvalue weighted by Gasteiger charge is -2.34. The van der Waals surface area contributed by atoms with Crippen molar-refractivity contribution in [1.29, 1.82) is 0 Å². The van der Waals surface area contributed by atoms with E-state index in [1.54, 1.807) is 24.3 Å². The smallest absolute Gasteiger partial charge is 0.342 e. The maximum Gasteiger partial charge on any atom is 0.342 e. The van der Waals surface area contributed by atoms with Crippen LogP contribution in [0.1, 0.15) is 15.7 Å². The number of carboxylic acid groups (broad SMARTS) is 1. The van der Waals surface area contributed by atoms with E-state index < -0.39 is 34.8 Å². The van der Waals surface area contributed by atoms with Gasteiger partial charge in [-0.1, -0.05) is 35.5 Å². The number of carbonyl (C=O) groups is 1. The van der Waals surface area contributed by atoms with Gasteiger partial charge in [-0.3, -0.25) is 4.79 Å². The maximum atomic E-state index is 14.9. The topological polar surface area (TPSA) is 68.5 Å². The summed E-state index contributed by atoms with van der Waals surface area (Å²) in [5.74, 6) is -1.65. The fourth-order valence-electron chi connectivity index (χ4n) is 3.31. The minimum atomic E-state index is -1.45. The van der Waals surface area contributed by atoms with Crippen molar-refractivity contribution in [3.8, 4) is 16.9 Å². The summed E-state index contributed by atoms with van der Waals surface area (Å²) < 4.78 is 34.7. The molecule has 0 fully saturated rings. The second kappa shape index (κ2) is 6.79. The first-order valence-electron chi connectivity index (χ1n) is 8.09. The first kappa shape index (κ1) is 18.8. The molecule has 1 aliphatic rings. The Kier molecular flexibility index (Phi) is 4.55. The Bertz CT molecular complexity index is 1190. The van der Waals surface area contributed by atoms with E-state index in [4.69, 9.17) is 16.3 Å².